The Balaban J connectivity index is 2.70. The van der Waals surface area contributed by atoms with Gasteiger partial charge >= 0.3 is 0 Å². The molecule has 1 aromatic rings. The normalized spacial score (nSPS) is 9.65. The number of hydrogen-bond acceptors (Lipinski definition) is 1. The fourth-order valence-electron chi connectivity index (χ4n) is 1.36. The summed E-state index contributed by atoms with van der Waals surface area (Å²) in [6.07, 6.45) is 5.20. The molecule has 1 rings (SSSR count). The van der Waals surface area contributed by atoms with Crippen molar-refractivity contribution in [2.75, 3.05) is 6.61 Å². The summed E-state index contributed by atoms with van der Waals surface area (Å²) in [5.74, 6) is 0.957. The Labute approximate surface area is 105 Å². The highest BCUT2D eigenvalue weighted by atomic mass is 16.5. The van der Waals surface area contributed by atoms with E-state index in [4.69, 9.17) is 4.74 Å². The van der Waals surface area contributed by atoms with Crippen LogP contribution in [0.4, 0.5) is 0 Å². The van der Waals surface area contributed by atoms with Crippen LogP contribution >= 0.6 is 0 Å². The van der Waals surface area contributed by atoms with Crippen molar-refractivity contribution in [3.63, 3.8) is 0 Å². The van der Waals surface area contributed by atoms with Crippen molar-refractivity contribution in [3.8, 4) is 5.75 Å². The van der Waals surface area contributed by atoms with E-state index < -0.39 is 0 Å². The quantitative estimate of drug-likeness (QED) is 0.682. The minimum atomic E-state index is 0.633. The number of hydrogen-bond donors (Lipinski definition) is 0. The summed E-state index contributed by atoms with van der Waals surface area (Å²) in [6, 6.07) is 8.97. The molecule has 0 unspecified atom stereocenters. The first-order chi connectivity index (χ1) is 8.09. The Bertz CT molecular complexity index is 405. The summed E-state index contributed by atoms with van der Waals surface area (Å²) in [6.45, 7) is 9.00. The van der Waals surface area contributed by atoms with Crippen LogP contribution in [0.3, 0.4) is 0 Å². The fourth-order valence-corrected chi connectivity index (χ4v) is 1.36. The number of benzene rings is 1. The molecule has 0 aliphatic carbocycles. The van der Waals surface area contributed by atoms with Crippen molar-refractivity contribution >= 4 is 0 Å². The smallest absolute Gasteiger partial charge is 0.123 e. The maximum Gasteiger partial charge on any atom is 0.123 e. The van der Waals surface area contributed by atoms with E-state index in [9.17, 15) is 0 Å². The molecule has 0 heterocycles. The van der Waals surface area contributed by atoms with Gasteiger partial charge in [0.05, 0.1) is 0 Å². The van der Waals surface area contributed by atoms with Gasteiger partial charge in [-0.05, 0) is 64.0 Å². The van der Waals surface area contributed by atoms with Crippen molar-refractivity contribution in [1.29, 1.82) is 0 Å². The molecule has 0 saturated heterocycles. The van der Waals surface area contributed by atoms with E-state index in [1.807, 2.05) is 18.2 Å². The third-order valence-corrected chi connectivity index (χ3v) is 2.37. The van der Waals surface area contributed by atoms with Gasteiger partial charge in [-0.2, -0.15) is 0 Å². The van der Waals surface area contributed by atoms with Gasteiger partial charge in [0.25, 0.3) is 0 Å². The topological polar surface area (TPSA) is 9.23 Å². The minimum Gasteiger partial charge on any atom is -0.489 e. The van der Waals surface area contributed by atoms with Crippen LogP contribution in [0.2, 0.25) is 0 Å². The molecule has 0 aliphatic rings. The van der Waals surface area contributed by atoms with Crippen molar-refractivity contribution in [3.05, 3.63) is 53.1 Å². The SMILES string of the molecule is CC(C)=CCOc1cc[c]cc1CC=C(C)C. The maximum atomic E-state index is 5.75. The van der Waals surface area contributed by atoms with Crippen LogP contribution < -0.4 is 4.74 Å². The molecule has 0 spiro atoms. The van der Waals surface area contributed by atoms with Crippen LogP contribution in [0.5, 0.6) is 5.75 Å². The van der Waals surface area contributed by atoms with Gasteiger partial charge in [-0.15, -0.1) is 0 Å². The largest absolute Gasteiger partial charge is 0.489 e. The molecule has 0 aliphatic heterocycles. The Morgan fingerprint density at radius 2 is 1.88 bits per heavy atom. The van der Waals surface area contributed by atoms with E-state index in [-0.39, 0.29) is 0 Å². The molecule has 0 aromatic heterocycles. The molecule has 1 radical (unpaired) electrons. The second-order valence-electron chi connectivity index (χ2n) is 4.61. The lowest BCUT2D eigenvalue weighted by molar-refractivity contribution is 0.358. The lowest BCUT2D eigenvalue weighted by Gasteiger charge is -2.08. The second-order valence-corrected chi connectivity index (χ2v) is 4.61. The minimum absolute atomic E-state index is 0.633. The van der Waals surface area contributed by atoms with E-state index in [2.05, 4.69) is 45.9 Å². The van der Waals surface area contributed by atoms with E-state index >= 15 is 0 Å². The highest BCUT2D eigenvalue weighted by Crippen LogP contribution is 2.19. The molecular formula is C16H21O. The third-order valence-electron chi connectivity index (χ3n) is 2.37. The van der Waals surface area contributed by atoms with Crippen molar-refractivity contribution < 1.29 is 4.74 Å². The van der Waals surface area contributed by atoms with E-state index in [0.29, 0.717) is 6.61 Å². The fraction of sp³-hybridized carbons (Fsp3) is 0.375. The van der Waals surface area contributed by atoms with Crippen LogP contribution in [0.25, 0.3) is 0 Å². The van der Waals surface area contributed by atoms with Gasteiger partial charge in [0, 0.05) is 0 Å². The van der Waals surface area contributed by atoms with Crippen LogP contribution in [0, 0.1) is 6.07 Å². The van der Waals surface area contributed by atoms with Crippen LogP contribution in [0.1, 0.15) is 33.3 Å². The average Bonchev–Trinajstić information content (AvgIpc) is 2.27. The molecule has 0 atom stereocenters. The predicted molar refractivity (Wildman–Crippen MR) is 73.3 cm³/mol. The van der Waals surface area contributed by atoms with Gasteiger partial charge < -0.3 is 4.74 Å². The Hall–Kier alpha value is -1.50. The van der Waals surface area contributed by atoms with Gasteiger partial charge in [-0.25, -0.2) is 0 Å². The van der Waals surface area contributed by atoms with Crippen LogP contribution in [-0.2, 0) is 6.42 Å². The third kappa shape index (κ3) is 5.39. The molecule has 0 fully saturated rings. The zero-order chi connectivity index (χ0) is 12.7. The summed E-state index contributed by atoms with van der Waals surface area (Å²) in [5.41, 5.74) is 3.79. The van der Waals surface area contributed by atoms with Crippen LogP contribution in [0.15, 0.2) is 41.5 Å². The molecule has 0 N–H and O–H groups in total. The highest BCUT2D eigenvalue weighted by Gasteiger charge is 2.00. The first-order valence-corrected chi connectivity index (χ1v) is 5.98. The zero-order valence-electron chi connectivity index (χ0n) is 11.2. The molecular weight excluding hydrogens is 208 g/mol. The number of allylic oxidation sites excluding steroid dienone is 3. The van der Waals surface area contributed by atoms with Gasteiger partial charge in [-0.3, -0.25) is 0 Å². The van der Waals surface area contributed by atoms with Crippen LogP contribution in [-0.4, -0.2) is 6.61 Å². The van der Waals surface area contributed by atoms with Crippen molar-refractivity contribution in [1.82, 2.24) is 0 Å². The number of ether oxygens (including phenoxy) is 1. The molecule has 0 amide bonds. The summed E-state index contributed by atoms with van der Waals surface area (Å²) < 4.78 is 5.75. The Kier molecular flexibility index (Phi) is 5.55. The lowest BCUT2D eigenvalue weighted by Crippen LogP contribution is -1.97. The molecule has 91 valence electrons. The Morgan fingerprint density at radius 1 is 1.18 bits per heavy atom. The number of rotatable bonds is 5. The van der Waals surface area contributed by atoms with Gasteiger partial charge in [0.1, 0.15) is 12.4 Å². The monoisotopic (exact) mass is 229 g/mol. The van der Waals surface area contributed by atoms with Gasteiger partial charge in [0.15, 0.2) is 0 Å². The maximum absolute atomic E-state index is 5.75. The highest BCUT2D eigenvalue weighted by molar-refractivity contribution is 5.34. The molecule has 1 heteroatoms. The molecule has 17 heavy (non-hydrogen) atoms. The van der Waals surface area contributed by atoms with E-state index in [1.165, 1.54) is 16.7 Å². The van der Waals surface area contributed by atoms with E-state index in [0.717, 1.165) is 12.2 Å². The lowest BCUT2D eigenvalue weighted by atomic mass is 10.1. The predicted octanol–water partition coefficient (Wildman–Crippen LogP) is 4.34. The first-order valence-electron chi connectivity index (χ1n) is 5.98. The second kappa shape index (κ2) is 6.95. The summed E-state index contributed by atoms with van der Waals surface area (Å²) >= 11 is 0. The molecule has 1 aromatic carbocycles. The molecule has 0 bridgehead atoms. The first kappa shape index (κ1) is 13.6. The standard InChI is InChI=1S/C16H21O/c1-13(2)9-10-15-7-5-6-8-16(15)17-12-11-14(3)4/h6-9,11H,10,12H2,1-4H3. The van der Waals surface area contributed by atoms with E-state index in [1.54, 1.807) is 0 Å². The van der Waals surface area contributed by atoms with Crippen molar-refractivity contribution in [2.24, 2.45) is 0 Å². The van der Waals surface area contributed by atoms with Gasteiger partial charge in [0.2, 0.25) is 0 Å². The zero-order valence-corrected chi connectivity index (χ0v) is 11.2. The average molecular weight is 229 g/mol. The summed E-state index contributed by atoms with van der Waals surface area (Å²) in [7, 11) is 0. The summed E-state index contributed by atoms with van der Waals surface area (Å²) in [4.78, 5) is 0. The molecule has 1 nitrogen and oxygen atoms in total. The molecule has 0 saturated carbocycles. The Morgan fingerprint density at radius 3 is 2.53 bits per heavy atom. The van der Waals surface area contributed by atoms with Crippen molar-refractivity contribution in [2.45, 2.75) is 34.1 Å². The van der Waals surface area contributed by atoms with Gasteiger partial charge in [-0.1, -0.05) is 23.3 Å². The summed E-state index contributed by atoms with van der Waals surface area (Å²) in [5, 5.41) is 0.